The van der Waals surface area contributed by atoms with Crippen LogP contribution in [0.1, 0.15) is 41.0 Å². The first-order valence-electron chi connectivity index (χ1n) is 9.30. The Morgan fingerprint density at radius 1 is 1.38 bits per heavy atom. The number of anilines is 1. The molecule has 0 spiro atoms. The molecule has 0 saturated carbocycles. The van der Waals surface area contributed by atoms with Crippen molar-refractivity contribution in [3.05, 3.63) is 52.6 Å². The molecule has 8 nitrogen and oxygen atoms in total. The summed E-state index contributed by atoms with van der Waals surface area (Å²) in [6.45, 7) is 4.08. The number of hydrogen-bond acceptors (Lipinski definition) is 6. The van der Waals surface area contributed by atoms with E-state index in [9.17, 15) is 14.4 Å². The molecule has 3 aromatic rings. The number of rotatable bonds is 1. The molecular weight excluding hydrogens is 375 g/mol. The van der Waals surface area contributed by atoms with Crippen molar-refractivity contribution in [2.45, 2.75) is 32.9 Å². The minimum absolute atomic E-state index is 0.0829. The van der Waals surface area contributed by atoms with Crippen molar-refractivity contribution in [1.29, 1.82) is 5.26 Å². The predicted octanol–water partition coefficient (Wildman–Crippen LogP) is 2.43. The summed E-state index contributed by atoms with van der Waals surface area (Å²) in [5, 5.41) is 19.8. The molecule has 1 aliphatic heterocycles. The van der Waals surface area contributed by atoms with E-state index >= 15 is 0 Å². The number of nitrogens with one attached hydrogen (secondary N) is 2. The summed E-state index contributed by atoms with van der Waals surface area (Å²) in [5.41, 5.74) is 1.81. The monoisotopic (exact) mass is 394 g/mol. The van der Waals surface area contributed by atoms with Gasteiger partial charge in [0.15, 0.2) is 5.65 Å². The highest BCUT2D eigenvalue weighted by Crippen LogP contribution is 2.27. The number of hydrogen-bond donors (Lipinski definition) is 2. The van der Waals surface area contributed by atoms with Gasteiger partial charge in [0.1, 0.15) is 35.1 Å². The van der Waals surface area contributed by atoms with Gasteiger partial charge < -0.3 is 15.4 Å². The fraction of sp³-hybridized carbons (Fsp3) is 0.300. The third-order valence-electron chi connectivity index (χ3n) is 4.77. The molecule has 148 valence electrons. The summed E-state index contributed by atoms with van der Waals surface area (Å²) in [7, 11) is 0. The standard InChI is InChI=1S/C20H19FN6O2/c1-3-15-18-19-25-17(6-7-27(19)26-15)23-10-13-12(8-22)14(21)4-5-16(13)29-11(2)9-24-20(18)28/h4-7,11H,3,9-10H2,1-2H3,(H,23,25)(H,24,28). The summed E-state index contributed by atoms with van der Waals surface area (Å²) in [5.74, 6) is -0.0421. The van der Waals surface area contributed by atoms with Gasteiger partial charge in [-0.25, -0.2) is 13.9 Å². The molecule has 0 aliphatic carbocycles. The van der Waals surface area contributed by atoms with E-state index in [4.69, 9.17) is 4.74 Å². The number of carbonyl (C=O) groups excluding carboxylic acids is 1. The minimum Gasteiger partial charge on any atom is -0.488 e. The lowest BCUT2D eigenvalue weighted by Crippen LogP contribution is -2.34. The normalized spacial score (nSPS) is 16.5. The first kappa shape index (κ1) is 18.7. The number of fused-ring (bicyclic) bond motifs is 2. The Bertz CT molecular complexity index is 1150. The summed E-state index contributed by atoms with van der Waals surface area (Å²) < 4.78 is 21.6. The highest BCUT2D eigenvalue weighted by Gasteiger charge is 2.23. The van der Waals surface area contributed by atoms with Crippen molar-refractivity contribution < 1.29 is 13.9 Å². The van der Waals surface area contributed by atoms with Crippen molar-refractivity contribution in [3.8, 4) is 11.8 Å². The molecule has 3 heterocycles. The fourth-order valence-corrected chi connectivity index (χ4v) is 3.32. The van der Waals surface area contributed by atoms with E-state index in [-0.39, 0.29) is 24.6 Å². The Hall–Kier alpha value is -3.67. The number of benzene rings is 1. The van der Waals surface area contributed by atoms with Crippen molar-refractivity contribution in [1.82, 2.24) is 19.9 Å². The van der Waals surface area contributed by atoms with Gasteiger partial charge in [-0.15, -0.1) is 0 Å². The zero-order chi connectivity index (χ0) is 20.5. The Balaban J connectivity index is 1.84. The number of aromatic nitrogens is 3. The Morgan fingerprint density at radius 3 is 2.97 bits per heavy atom. The molecule has 2 N–H and O–H groups in total. The van der Waals surface area contributed by atoms with Crippen LogP contribution in [0.15, 0.2) is 24.4 Å². The molecule has 2 bridgehead atoms. The summed E-state index contributed by atoms with van der Waals surface area (Å²) >= 11 is 0. The number of nitrogens with zero attached hydrogens (tertiary/aromatic N) is 4. The molecule has 0 fully saturated rings. The van der Waals surface area contributed by atoms with Crippen molar-refractivity contribution in [3.63, 3.8) is 0 Å². The fourth-order valence-electron chi connectivity index (χ4n) is 3.32. The SMILES string of the molecule is CCc1nn2ccc3nc2c1C(=O)NCC(C)Oc1ccc(F)c(C#N)c1CN3. The molecule has 4 rings (SSSR count). The van der Waals surface area contributed by atoms with Gasteiger partial charge in [-0.2, -0.15) is 10.4 Å². The van der Waals surface area contributed by atoms with E-state index in [2.05, 4.69) is 20.7 Å². The van der Waals surface area contributed by atoms with E-state index in [0.29, 0.717) is 40.5 Å². The smallest absolute Gasteiger partial charge is 0.257 e. The van der Waals surface area contributed by atoms with Crippen molar-refractivity contribution >= 4 is 17.4 Å². The number of aryl methyl sites for hydroxylation is 1. The van der Waals surface area contributed by atoms with Crippen LogP contribution >= 0.6 is 0 Å². The molecule has 1 amide bonds. The molecule has 1 aliphatic rings. The van der Waals surface area contributed by atoms with E-state index in [0.717, 1.165) is 0 Å². The quantitative estimate of drug-likeness (QED) is 0.657. The summed E-state index contributed by atoms with van der Waals surface area (Å²) in [6, 6.07) is 6.30. The zero-order valence-electron chi connectivity index (χ0n) is 16.0. The molecule has 1 aromatic carbocycles. The van der Waals surface area contributed by atoms with E-state index in [1.807, 2.05) is 13.0 Å². The van der Waals surface area contributed by atoms with Crippen LogP contribution in [-0.4, -0.2) is 33.2 Å². The van der Waals surface area contributed by atoms with Crippen LogP contribution in [-0.2, 0) is 13.0 Å². The topological polar surface area (TPSA) is 104 Å². The van der Waals surface area contributed by atoms with E-state index in [1.54, 1.807) is 23.7 Å². The minimum atomic E-state index is -0.615. The van der Waals surface area contributed by atoms with Gasteiger partial charge in [-0.05, 0) is 31.5 Å². The third kappa shape index (κ3) is 3.33. The summed E-state index contributed by atoms with van der Waals surface area (Å²) in [6.07, 6.45) is 1.89. The molecular formula is C20H19FN6O2. The van der Waals surface area contributed by atoms with Crippen LogP contribution in [0.3, 0.4) is 0 Å². The maximum Gasteiger partial charge on any atom is 0.257 e. The number of halogens is 1. The molecule has 29 heavy (non-hydrogen) atoms. The van der Waals surface area contributed by atoms with Crippen molar-refractivity contribution in [2.75, 3.05) is 11.9 Å². The molecule has 1 atom stereocenters. The van der Waals surface area contributed by atoms with Gasteiger partial charge in [0.05, 0.1) is 17.8 Å². The van der Waals surface area contributed by atoms with Crippen LogP contribution in [0, 0.1) is 17.1 Å². The lowest BCUT2D eigenvalue weighted by Gasteiger charge is -2.19. The molecule has 0 saturated heterocycles. The maximum atomic E-state index is 14.2. The Kier molecular flexibility index (Phi) is 4.76. The van der Waals surface area contributed by atoms with Crippen molar-refractivity contribution in [2.24, 2.45) is 0 Å². The van der Waals surface area contributed by atoms with E-state index in [1.165, 1.54) is 12.1 Å². The lowest BCUT2D eigenvalue weighted by atomic mass is 10.1. The Labute approximate surface area is 166 Å². The highest BCUT2D eigenvalue weighted by molar-refractivity contribution is 6.01. The Morgan fingerprint density at radius 2 is 2.21 bits per heavy atom. The van der Waals surface area contributed by atoms with Crippen LogP contribution in [0.25, 0.3) is 5.65 Å². The van der Waals surface area contributed by atoms with Gasteiger partial charge in [-0.1, -0.05) is 6.92 Å². The van der Waals surface area contributed by atoms with Gasteiger partial charge in [0, 0.05) is 18.3 Å². The van der Waals surface area contributed by atoms with Gasteiger partial charge in [0.2, 0.25) is 0 Å². The predicted molar refractivity (Wildman–Crippen MR) is 103 cm³/mol. The molecule has 1 unspecified atom stereocenters. The number of ether oxygens (including phenoxy) is 1. The second kappa shape index (κ2) is 7.39. The average Bonchev–Trinajstić information content (AvgIpc) is 3.09. The second-order valence-corrected chi connectivity index (χ2v) is 6.76. The van der Waals surface area contributed by atoms with Crippen LogP contribution in [0.5, 0.6) is 5.75 Å². The largest absolute Gasteiger partial charge is 0.488 e. The van der Waals surface area contributed by atoms with E-state index < -0.39 is 11.9 Å². The lowest BCUT2D eigenvalue weighted by molar-refractivity contribution is 0.0932. The number of nitriles is 1. The second-order valence-electron chi connectivity index (χ2n) is 6.76. The number of carbonyl (C=O) groups is 1. The maximum absolute atomic E-state index is 14.2. The first-order chi connectivity index (χ1) is 14.0. The average molecular weight is 394 g/mol. The van der Waals surface area contributed by atoms with Crippen LogP contribution in [0.4, 0.5) is 10.2 Å². The van der Waals surface area contributed by atoms with Gasteiger partial charge in [0.25, 0.3) is 5.91 Å². The molecule has 2 aromatic heterocycles. The van der Waals surface area contributed by atoms with Crippen LogP contribution in [0.2, 0.25) is 0 Å². The molecule has 9 heteroatoms. The van der Waals surface area contributed by atoms with Gasteiger partial charge in [-0.3, -0.25) is 4.79 Å². The third-order valence-corrected chi connectivity index (χ3v) is 4.77. The zero-order valence-corrected chi connectivity index (χ0v) is 16.0. The van der Waals surface area contributed by atoms with Crippen LogP contribution < -0.4 is 15.4 Å². The molecule has 0 radical (unpaired) electrons. The highest BCUT2D eigenvalue weighted by atomic mass is 19.1. The first-order valence-corrected chi connectivity index (χ1v) is 9.30. The summed E-state index contributed by atoms with van der Waals surface area (Å²) in [4.78, 5) is 17.4. The van der Waals surface area contributed by atoms with Gasteiger partial charge >= 0.3 is 0 Å². The number of amides is 1.